The summed E-state index contributed by atoms with van der Waals surface area (Å²) < 4.78 is 5.51. The highest BCUT2D eigenvalue weighted by Gasteiger charge is 2.26. The molecule has 0 radical (unpaired) electrons. The molecule has 25 heavy (non-hydrogen) atoms. The van der Waals surface area contributed by atoms with Crippen LogP contribution in [0.3, 0.4) is 0 Å². The van der Waals surface area contributed by atoms with Crippen LogP contribution in [0.4, 0.5) is 5.69 Å². The number of hydrogen-bond donors (Lipinski definition) is 0. The molecule has 0 spiro atoms. The van der Waals surface area contributed by atoms with E-state index in [1.165, 1.54) is 11.6 Å². The van der Waals surface area contributed by atoms with Crippen LogP contribution in [-0.4, -0.2) is 10.1 Å². The lowest BCUT2D eigenvalue weighted by atomic mass is 9.94. The molecule has 0 aliphatic rings. The van der Waals surface area contributed by atoms with Gasteiger partial charge >= 0.3 is 0 Å². The maximum absolute atomic E-state index is 11.4. The summed E-state index contributed by atoms with van der Waals surface area (Å²) in [6, 6.07) is 8.71. The zero-order chi connectivity index (χ0) is 18.3. The summed E-state index contributed by atoms with van der Waals surface area (Å²) in [5, 5.41) is 15.8. The molecule has 1 heterocycles. The molecule has 0 aliphatic heterocycles. The highest BCUT2D eigenvalue weighted by atomic mass is 35.5. The molecule has 5 nitrogen and oxygen atoms in total. The second-order valence-corrected chi connectivity index (χ2v) is 6.56. The van der Waals surface area contributed by atoms with Crippen molar-refractivity contribution < 1.29 is 9.45 Å². The van der Waals surface area contributed by atoms with Gasteiger partial charge in [-0.1, -0.05) is 40.5 Å². The quantitative estimate of drug-likeness (QED) is 0.439. The van der Waals surface area contributed by atoms with Crippen LogP contribution >= 0.6 is 11.6 Å². The SMILES string of the molecule is Cc1cc(C)c(-c2noc(-c3c(Cl)cccc3[N+](=O)[O-])c2C)c(C)c1. The molecule has 3 aromatic rings. The molecular formula is C19H17ClN2O3. The van der Waals surface area contributed by atoms with Crippen LogP contribution in [0.1, 0.15) is 22.3 Å². The third-order valence-corrected chi connectivity index (χ3v) is 4.57. The number of nitro benzene ring substituents is 1. The Bertz CT molecular complexity index is 969. The van der Waals surface area contributed by atoms with E-state index in [0.29, 0.717) is 11.5 Å². The maximum Gasteiger partial charge on any atom is 0.281 e. The van der Waals surface area contributed by atoms with Gasteiger partial charge in [0.2, 0.25) is 0 Å². The first-order valence-electron chi connectivity index (χ1n) is 7.79. The summed E-state index contributed by atoms with van der Waals surface area (Å²) in [7, 11) is 0. The van der Waals surface area contributed by atoms with Crippen molar-refractivity contribution in [3.8, 4) is 22.6 Å². The van der Waals surface area contributed by atoms with Crippen LogP contribution in [0.2, 0.25) is 5.02 Å². The topological polar surface area (TPSA) is 69.2 Å². The molecule has 128 valence electrons. The van der Waals surface area contributed by atoms with Gasteiger partial charge in [0.1, 0.15) is 11.3 Å². The summed E-state index contributed by atoms with van der Waals surface area (Å²) in [6.07, 6.45) is 0. The summed E-state index contributed by atoms with van der Waals surface area (Å²) in [5.41, 5.74) is 5.87. The van der Waals surface area contributed by atoms with Gasteiger partial charge in [-0.2, -0.15) is 0 Å². The molecule has 6 heteroatoms. The van der Waals surface area contributed by atoms with Gasteiger partial charge in [0.25, 0.3) is 5.69 Å². The fourth-order valence-corrected chi connectivity index (χ4v) is 3.50. The normalized spacial score (nSPS) is 10.9. The largest absolute Gasteiger partial charge is 0.355 e. The summed E-state index contributed by atoms with van der Waals surface area (Å²) in [5.74, 6) is 0.326. The molecule has 0 saturated carbocycles. The third-order valence-electron chi connectivity index (χ3n) is 4.25. The van der Waals surface area contributed by atoms with E-state index in [0.717, 1.165) is 22.3 Å². The number of aryl methyl sites for hydroxylation is 3. The van der Waals surface area contributed by atoms with Gasteiger partial charge in [-0.25, -0.2) is 0 Å². The Hall–Kier alpha value is -2.66. The zero-order valence-corrected chi connectivity index (χ0v) is 15.1. The molecule has 0 unspecified atom stereocenters. The fraction of sp³-hybridized carbons (Fsp3) is 0.211. The predicted molar refractivity (Wildman–Crippen MR) is 98.0 cm³/mol. The molecule has 0 amide bonds. The lowest BCUT2D eigenvalue weighted by molar-refractivity contribution is -0.384. The van der Waals surface area contributed by atoms with Crippen molar-refractivity contribution in [1.82, 2.24) is 5.16 Å². The second kappa shape index (κ2) is 6.33. The lowest BCUT2D eigenvalue weighted by Gasteiger charge is -2.09. The number of hydrogen-bond acceptors (Lipinski definition) is 4. The molecule has 0 aliphatic carbocycles. The Kier molecular flexibility index (Phi) is 4.35. The highest BCUT2D eigenvalue weighted by Crippen LogP contribution is 2.41. The molecule has 0 saturated heterocycles. The number of benzene rings is 2. The monoisotopic (exact) mass is 356 g/mol. The molecule has 0 atom stereocenters. The van der Waals surface area contributed by atoms with Crippen molar-refractivity contribution in [3.63, 3.8) is 0 Å². The first-order valence-corrected chi connectivity index (χ1v) is 8.16. The van der Waals surface area contributed by atoms with E-state index < -0.39 is 4.92 Å². The number of aromatic nitrogens is 1. The van der Waals surface area contributed by atoms with Gasteiger partial charge in [-0.3, -0.25) is 10.1 Å². The summed E-state index contributed by atoms with van der Waals surface area (Å²) >= 11 is 6.23. The minimum absolute atomic E-state index is 0.101. The van der Waals surface area contributed by atoms with Gasteiger partial charge in [0.05, 0.1) is 9.95 Å². The van der Waals surface area contributed by atoms with Gasteiger partial charge in [0.15, 0.2) is 5.76 Å². The number of halogens is 1. The summed E-state index contributed by atoms with van der Waals surface area (Å²) in [4.78, 5) is 10.9. The molecular weight excluding hydrogens is 340 g/mol. The Morgan fingerprint density at radius 1 is 1.08 bits per heavy atom. The molecule has 1 aromatic heterocycles. The Morgan fingerprint density at radius 2 is 1.72 bits per heavy atom. The summed E-state index contributed by atoms with van der Waals surface area (Å²) in [6.45, 7) is 7.91. The van der Waals surface area contributed by atoms with E-state index in [1.807, 2.05) is 27.7 Å². The van der Waals surface area contributed by atoms with Crippen molar-refractivity contribution in [2.24, 2.45) is 0 Å². The molecule has 0 N–H and O–H groups in total. The van der Waals surface area contributed by atoms with Crippen LogP contribution in [0.5, 0.6) is 0 Å². The van der Waals surface area contributed by atoms with Gasteiger partial charge in [-0.15, -0.1) is 0 Å². The Labute approximate surface area is 150 Å². The molecule has 3 rings (SSSR count). The maximum atomic E-state index is 11.4. The van der Waals surface area contributed by atoms with Crippen LogP contribution < -0.4 is 0 Å². The van der Waals surface area contributed by atoms with Gasteiger partial charge in [0, 0.05) is 17.2 Å². The second-order valence-electron chi connectivity index (χ2n) is 6.15. The zero-order valence-electron chi connectivity index (χ0n) is 14.4. The Morgan fingerprint density at radius 3 is 2.32 bits per heavy atom. The van der Waals surface area contributed by atoms with E-state index in [9.17, 15) is 10.1 Å². The number of nitrogens with zero attached hydrogens (tertiary/aromatic N) is 2. The average Bonchev–Trinajstić information content (AvgIpc) is 2.87. The van der Waals surface area contributed by atoms with Crippen LogP contribution in [-0.2, 0) is 0 Å². The minimum Gasteiger partial charge on any atom is -0.355 e. The number of nitro groups is 1. The van der Waals surface area contributed by atoms with Crippen molar-refractivity contribution in [2.75, 3.05) is 0 Å². The van der Waals surface area contributed by atoms with Gasteiger partial charge in [-0.05, 0) is 44.9 Å². The minimum atomic E-state index is -0.467. The number of rotatable bonds is 3. The molecule has 0 bridgehead atoms. The first-order chi connectivity index (χ1) is 11.8. The fourth-order valence-electron chi connectivity index (χ4n) is 3.25. The smallest absolute Gasteiger partial charge is 0.281 e. The lowest BCUT2D eigenvalue weighted by Crippen LogP contribution is -1.94. The average molecular weight is 357 g/mol. The van der Waals surface area contributed by atoms with E-state index in [-0.39, 0.29) is 16.3 Å². The van der Waals surface area contributed by atoms with E-state index in [4.69, 9.17) is 16.1 Å². The third kappa shape index (κ3) is 2.91. The molecule has 2 aromatic carbocycles. The van der Waals surface area contributed by atoms with E-state index >= 15 is 0 Å². The predicted octanol–water partition coefficient (Wildman–Crippen LogP) is 5.80. The Balaban J connectivity index is 2.25. The van der Waals surface area contributed by atoms with Gasteiger partial charge < -0.3 is 4.52 Å². The van der Waals surface area contributed by atoms with Crippen molar-refractivity contribution in [3.05, 3.63) is 67.7 Å². The standard InChI is InChI=1S/C19H17ClN2O3/c1-10-8-11(2)16(12(3)9-10)18-13(4)19(25-21-18)17-14(20)6-5-7-15(17)22(23)24/h5-9H,1-4H3. The van der Waals surface area contributed by atoms with E-state index in [1.54, 1.807) is 12.1 Å². The van der Waals surface area contributed by atoms with Crippen LogP contribution in [0, 0.1) is 37.8 Å². The molecule has 0 fully saturated rings. The van der Waals surface area contributed by atoms with Crippen LogP contribution in [0.15, 0.2) is 34.9 Å². The highest BCUT2D eigenvalue weighted by molar-refractivity contribution is 6.33. The van der Waals surface area contributed by atoms with Crippen LogP contribution in [0.25, 0.3) is 22.6 Å². The first kappa shape index (κ1) is 17.2. The van der Waals surface area contributed by atoms with Crippen molar-refractivity contribution in [2.45, 2.75) is 27.7 Å². The van der Waals surface area contributed by atoms with E-state index in [2.05, 4.69) is 17.3 Å². The van der Waals surface area contributed by atoms with Crippen molar-refractivity contribution >= 4 is 17.3 Å². The van der Waals surface area contributed by atoms with Crippen molar-refractivity contribution in [1.29, 1.82) is 0 Å².